The molecule has 0 aliphatic carbocycles. The normalized spacial score (nSPS) is 17.3. The van der Waals surface area contributed by atoms with Gasteiger partial charge < -0.3 is 0 Å². The van der Waals surface area contributed by atoms with E-state index < -0.39 is 0 Å². The molecule has 0 unspecified atom stereocenters. The second-order valence-electron chi connectivity index (χ2n) is 6.12. The lowest BCUT2D eigenvalue weighted by Crippen LogP contribution is -2.26. The summed E-state index contributed by atoms with van der Waals surface area (Å²) in [6.45, 7) is 4.89. The fraction of sp³-hybridized carbons (Fsp3) is 0.312. The topological polar surface area (TPSA) is 46.1 Å². The van der Waals surface area contributed by atoms with Crippen LogP contribution in [0.4, 0.5) is 5.82 Å². The summed E-state index contributed by atoms with van der Waals surface area (Å²) >= 11 is 5.94. The Labute approximate surface area is 128 Å². The summed E-state index contributed by atoms with van der Waals surface area (Å²) in [5.74, 6) is 0.828. The first-order valence-corrected chi connectivity index (χ1v) is 7.20. The van der Waals surface area contributed by atoms with Crippen LogP contribution in [-0.2, 0) is 4.79 Å². The molecule has 108 valence electrons. The Morgan fingerprint density at radius 3 is 2.57 bits per heavy atom. The van der Waals surface area contributed by atoms with Crippen molar-refractivity contribution >= 4 is 23.3 Å². The van der Waals surface area contributed by atoms with E-state index in [0.717, 1.165) is 11.1 Å². The largest absolute Gasteiger partial charge is 0.296 e. The predicted octanol–water partition coefficient (Wildman–Crippen LogP) is 3.56. The summed E-state index contributed by atoms with van der Waals surface area (Å²) in [6.07, 6.45) is 5.65. The number of aromatic nitrogens is 2. The molecule has 0 saturated carbocycles. The lowest BCUT2D eigenvalue weighted by Gasteiger charge is -2.18. The highest BCUT2D eigenvalue weighted by molar-refractivity contribution is 6.30. The number of hydrogen-bond donors (Lipinski definition) is 0. The molecule has 21 heavy (non-hydrogen) atoms. The van der Waals surface area contributed by atoms with Gasteiger partial charge in [0.25, 0.3) is 0 Å². The summed E-state index contributed by atoms with van der Waals surface area (Å²) in [7, 11) is 0. The Kier molecular flexibility index (Phi) is 3.41. The molecule has 2 aromatic rings. The van der Waals surface area contributed by atoms with E-state index in [2.05, 4.69) is 23.8 Å². The Balaban J connectivity index is 1.87. The van der Waals surface area contributed by atoms with E-state index in [1.807, 2.05) is 18.2 Å². The van der Waals surface area contributed by atoms with Crippen molar-refractivity contribution in [3.05, 3.63) is 41.8 Å². The number of amides is 1. The van der Waals surface area contributed by atoms with Gasteiger partial charge in [0.15, 0.2) is 0 Å². The number of rotatable bonds is 2. The van der Waals surface area contributed by atoms with Crippen molar-refractivity contribution in [3.8, 4) is 11.1 Å². The third-order valence-electron chi connectivity index (χ3n) is 3.58. The summed E-state index contributed by atoms with van der Waals surface area (Å²) in [6, 6.07) is 5.65. The minimum absolute atomic E-state index is 0.00824. The fourth-order valence-corrected chi connectivity index (χ4v) is 2.75. The number of hydrogen-bond acceptors (Lipinski definition) is 3. The van der Waals surface area contributed by atoms with Crippen LogP contribution in [0.15, 0.2) is 36.8 Å². The quantitative estimate of drug-likeness (QED) is 0.852. The van der Waals surface area contributed by atoms with Crippen LogP contribution in [-0.4, -0.2) is 22.4 Å². The van der Waals surface area contributed by atoms with Crippen molar-refractivity contribution in [3.63, 3.8) is 0 Å². The van der Waals surface area contributed by atoms with Crippen molar-refractivity contribution in [2.75, 3.05) is 11.4 Å². The molecule has 3 rings (SSSR count). The van der Waals surface area contributed by atoms with E-state index in [-0.39, 0.29) is 11.3 Å². The van der Waals surface area contributed by atoms with E-state index in [9.17, 15) is 4.79 Å². The van der Waals surface area contributed by atoms with Gasteiger partial charge in [-0.15, -0.1) is 0 Å². The first-order valence-electron chi connectivity index (χ1n) is 6.82. The van der Waals surface area contributed by atoms with Gasteiger partial charge in [-0.1, -0.05) is 25.4 Å². The molecule has 1 fully saturated rings. The molecule has 3 heterocycles. The standard InChI is InChI=1S/C16H16ClN3O/c1-16(2)6-15(21)20(10-16)14-4-3-11(8-19-14)12-5-13(17)9-18-7-12/h3-5,7-9H,6,10H2,1-2H3. The second-order valence-corrected chi connectivity index (χ2v) is 6.55. The number of anilines is 1. The van der Waals surface area contributed by atoms with E-state index >= 15 is 0 Å². The number of halogens is 1. The molecule has 0 bridgehead atoms. The molecule has 1 aliphatic heterocycles. The van der Waals surface area contributed by atoms with Crippen LogP contribution >= 0.6 is 11.6 Å². The average Bonchev–Trinajstić information content (AvgIpc) is 2.72. The van der Waals surface area contributed by atoms with Crippen molar-refractivity contribution in [1.82, 2.24) is 9.97 Å². The smallest absolute Gasteiger partial charge is 0.228 e. The molecule has 5 heteroatoms. The van der Waals surface area contributed by atoms with Gasteiger partial charge in [0.2, 0.25) is 5.91 Å². The maximum atomic E-state index is 12.0. The van der Waals surface area contributed by atoms with Gasteiger partial charge in [0.1, 0.15) is 5.82 Å². The van der Waals surface area contributed by atoms with Crippen LogP contribution in [0.1, 0.15) is 20.3 Å². The average molecular weight is 302 g/mol. The lowest BCUT2D eigenvalue weighted by atomic mass is 9.93. The number of nitrogens with zero attached hydrogens (tertiary/aromatic N) is 3. The maximum absolute atomic E-state index is 12.0. The molecule has 2 aromatic heterocycles. The molecular formula is C16H16ClN3O. The van der Waals surface area contributed by atoms with Crippen LogP contribution < -0.4 is 4.90 Å². The van der Waals surface area contributed by atoms with Crippen molar-refractivity contribution in [2.24, 2.45) is 5.41 Å². The first kappa shape index (κ1) is 14.0. The molecular weight excluding hydrogens is 286 g/mol. The predicted molar refractivity (Wildman–Crippen MR) is 83.2 cm³/mol. The molecule has 1 saturated heterocycles. The third kappa shape index (κ3) is 2.90. The van der Waals surface area contributed by atoms with Gasteiger partial charge >= 0.3 is 0 Å². The van der Waals surface area contributed by atoms with E-state index in [1.165, 1.54) is 0 Å². The minimum atomic E-state index is 0.00824. The van der Waals surface area contributed by atoms with Gasteiger partial charge in [0, 0.05) is 42.7 Å². The molecule has 0 radical (unpaired) electrons. The van der Waals surface area contributed by atoms with Gasteiger partial charge in [-0.3, -0.25) is 14.7 Å². The van der Waals surface area contributed by atoms with Gasteiger partial charge in [-0.05, 0) is 23.6 Å². The Morgan fingerprint density at radius 2 is 2.00 bits per heavy atom. The van der Waals surface area contributed by atoms with Crippen LogP contribution in [0.5, 0.6) is 0 Å². The van der Waals surface area contributed by atoms with Gasteiger partial charge in [-0.2, -0.15) is 0 Å². The molecule has 0 spiro atoms. The zero-order valence-corrected chi connectivity index (χ0v) is 12.8. The van der Waals surface area contributed by atoms with E-state index in [1.54, 1.807) is 23.5 Å². The highest BCUT2D eigenvalue weighted by atomic mass is 35.5. The molecule has 1 amide bonds. The van der Waals surface area contributed by atoms with Crippen LogP contribution in [0, 0.1) is 5.41 Å². The summed E-state index contributed by atoms with van der Waals surface area (Å²) in [4.78, 5) is 22.3. The van der Waals surface area contributed by atoms with Crippen LogP contribution in [0.2, 0.25) is 5.02 Å². The molecule has 4 nitrogen and oxygen atoms in total. The molecule has 0 N–H and O–H groups in total. The third-order valence-corrected chi connectivity index (χ3v) is 3.79. The lowest BCUT2D eigenvalue weighted by molar-refractivity contribution is -0.117. The van der Waals surface area contributed by atoms with Crippen molar-refractivity contribution in [2.45, 2.75) is 20.3 Å². The minimum Gasteiger partial charge on any atom is -0.296 e. The Morgan fingerprint density at radius 1 is 1.19 bits per heavy atom. The Bertz CT molecular complexity index is 682. The highest BCUT2D eigenvalue weighted by Crippen LogP contribution is 2.33. The first-order chi connectivity index (χ1) is 9.94. The number of carbonyl (C=O) groups is 1. The highest BCUT2D eigenvalue weighted by Gasteiger charge is 2.36. The van der Waals surface area contributed by atoms with Crippen LogP contribution in [0.3, 0.4) is 0 Å². The monoisotopic (exact) mass is 301 g/mol. The maximum Gasteiger partial charge on any atom is 0.228 e. The zero-order chi connectivity index (χ0) is 15.0. The summed E-state index contributed by atoms with van der Waals surface area (Å²) < 4.78 is 0. The van der Waals surface area contributed by atoms with Crippen molar-refractivity contribution < 1.29 is 4.79 Å². The molecule has 0 aromatic carbocycles. The molecule has 0 atom stereocenters. The van der Waals surface area contributed by atoms with Gasteiger partial charge in [-0.25, -0.2) is 4.98 Å². The van der Waals surface area contributed by atoms with E-state index in [4.69, 9.17) is 11.6 Å². The van der Waals surface area contributed by atoms with E-state index in [0.29, 0.717) is 23.8 Å². The van der Waals surface area contributed by atoms with Crippen molar-refractivity contribution in [1.29, 1.82) is 0 Å². The van der Waals surface area contributed by atoms with Gasteiger partial charge in [0.05, 0.1) is 5.02 Å². The number of pyridine rings is 2. The second kappa shape index (κ2) is 5.11. The van der Waals surface area contributed by atoms with Crippen LogP contribution in [0.25, 0.3) is 11.1 Å². The fourth-order valence-electron chi connectivity index (χ4n) is 2.57. The Hall–Kier alpha value is -1.94. The molecule has 1 aliphatic rings. The zero-order valence-electron chi connectivity index (χ0n) is 12.0. The summed E-state index contributed by atoms with van der Waals surface area (Å²) in [5.41, 5.74) is 1.85. The summed E-state index contributed by atoms with van der Waals surface area (Å²) in [5, 5.41) is 0.591. The number of carbonyl (C=O) groups excluding carboxylic acids is 1. The SMILES string of the molecule is CC1(C)CC(=O)N(c2ccc(-c3cncc(Cl)c3)cn2)C1.